The predicted molar refractivity (Wildman–Crippen MR) is 103 cm³/mol. The van der Waals surface area contributed by atoms with Crippen molar-refractivity contribution in [1.29, 1.82) is 0 Å². The molecule has 0 spiro atoms. The smallest absolute Gasteiger partial charge is 0.146 e. The van der Waals surface area contributed by atoms with Crippen molar-refractivity contribution in [2.45, 2.75) is 44.1 Å². The Bertz CT molecular complexity index is 765. The Kier molecular flexibility index (Phi) is 5.36. The van der Waals surface area contributed by atoms with Crippen molar-refractivity contribution < 1.29 is 5.11 Å². The summed E-state index contributed by atoms with van der Waals surface area (Å²) in [6.45, 7) is 3.47. The van der Waals surface area contributed by atoms with Crippen LogP contribution < -0.4 is 4.90 Å². The molecule has 2 aromatic heterocycles. The third kappa shape index (κ3) is 4.11. The first-order valence-corrected chi connectivity index (χ1v) is 9.90. The van der Waals surface area contributed by atoms with Gasteiger partial charge in [0.2, 0.25) is 0 Å². The number of hydrogen-bond acceptors (Lipinski definition) is 7. The van der Waals surface area contributed by atoms with Crippen molar-refractivity contribution in [2.24, 2.45) is 7.05 Å². The van der Waals surface area contributed by atoms with E-state index in [0.717, 1.165) is 43.4 Å². The molecule has 146 valence electrons. The second-order valence-electron chi connectivity index (χ2n) is 7.83. The van der Waals surface area contributed by atoms with E-state index in [0.29, 0.717) is 24.9 Å². The van der Waals surface area contributed by atoms with Gasteiger partial charge in [-0.15, -0.1) is 10.2 Å². The van der Waals surface area contributed by atoms with Crippen LogP contribution in [0.15, 0.2) is 12.4 Å². The Labute approximate surface area is 160 Å². The zero-order valence-electron chi connectivity index (χ0n) is 16.3. The quantitative estimate of drug-likeness (QED) is 0.785. The number of rotatable bonds is 7. The normalized spacial score (nSPS) is 18.4. The summed E-state index contributed by atoms with van der Waals surface area (Å²) >= 11 is 0. The molecule has 27 heavy (non-hydrogen) atoms. The Balaban J connectivity index is 1.38. The fourth-order valence-corrected chi connectivity index (χ4v) is 3.86. The van der Waals surface area contributed by atoms with Crippen molar-refractivity contribution in [3.8, 4) is 0 Å². The lowest BCUT2D eigenvalue weighted by atomic mass is 9.96. The molecule has 0 amide bonds. The lowest BCUT2D eigenvalue weighted by Gasteiger charge is -2.32. The fraction of sp³-hybridized carbons (Fsp3) is 0.684. The van der Waals surface area contributed by atoms with Gasteiger partial charge in [0, 0.05) is 50.3 Å². The van der Waals surface area contributed by atoms with E-state index in [9.17, 15) is 0 Å². The monoisotopic (exact) mass is 371 g/mol. The van der Waals surface area contributed by atoms with Gasteiger partial charge >= 0.3 is 0 Å². The highest BCUT2D eigenvalue weighted by Crippen LogP contribution is 2.39. The molecule has 0 aromatic carbocycles. The number of hydrogen-bond donors (Lipinski definition) is 1. The summed E-state index contributed by atoms with van der Waals surface area (Å²) in [4.78, 5) is 13.4. The molecule has 0 unspecified atom stereocenters. The van der Waals surface area contributed by atoms with E-state index in [4.69, 9.17) is 5.11 Å². The van der Waals surface area contributed by atoms with Crippen molar-refractivity contribution in [2.75, 3.05) is 38.2 Å². The molecule has 1 saturated carbocycles. The third-order valence-electron chi connectivity index (χ3n) is 5.75. The van der Waals surface area contributed by atoms with Gasteiger partial charge in [-0.1, -0.05) is 0 Å². The van der Waals surface area contributed by atoms with E-state index < -0.39 is 0 Å². The molecule has 4 rings (SSSR count). The minimum Gasteiger partial charge on any atom is -0.395 e. The maximum absolute atomic E-state index is 9.06. The van der Waals surface area contributed by atoms with Crippen molar-refractivity contribution in [3.63, 3.8) is 0 Å². The van der Waals surface area contributed by atoms with Crippen molar-refractivity contribution in [3.05, 3.63) is 29.7 Å². The second-order valence-corrected chi connectivity index (χ2v) is 7.83. The number of likely N-dealkylation sites (N-methyl/N-ethyl adjacent to an activating group) is 1. The zero-order chi connectivity index (χ0) is 18.8. The summed E-state index contributed by atoms with van der Waals surface area (Å²) in [7, 11) is 4.04. The summed E-state index contributed by atoms with van der Waals surface area (Å²) in [6.07, 6.45) is 6.36. The molecule has 8 nitrogen and oxygen atoms in total. The molecule has 1 N–H and O–H groups in total. The average molecular weight is 371 g/mol. The first kappa shape index (κ1) is 18.3. The SMILES string of the molecule is CN(CCO)Cc1nnc(C2CCN(c3cc(C4CC4)ncn3)CC2)n1C. The molecular formula is C19H29N7O. The molecule has 1 saturated heterocycles. The van der Waals surface area contributed by atoms with Crippen LogP contribution in [0.25, 0.3) is 0 Å². The number of aliphatic hydroxyl groups is 1. The topological polar surface area (TPSA) is 83.2 Å². The molecule has 1 aliphatic heterocycles. The number of piperidine rings is 1. The molecule has 2 aliphatic rings. The molecule has 2 aromatic rings. The predicted octanol–water partition coefficient (Wildman–Crippen LogP) is 1.29. The highest BCUT2D eigenvalue weighted by molar-refractivity contribution is 5.41. The van der Waals surface area contributed by atoms with Crippen LogP contribution in [0.1, 0.15) is 54.9 Å². The minimum absolute atomic E-state index is 0.158. The van der Waals surface area contributed by atoms with E-state index in [1.54, 1.807) is 6.33 Å². The van der Waals surface area contributed by atoms with Crippen LogP contribution in [0.2, 0.25) is 0 Å². The largest absolute Gasteiger partial charge is 0.395 e. The molecule has 1 aliphatic carbocycles. The fourth-order valence-electron chi connectivity index (χ4n) is 3.86. The Morgan fingerprint density at radius 2 is 1.89 bits per heavy atom. The van der Waals surface area contributed by atoms with Gasteiger partial charge in [0.25, 0.3) is 0 Å². The number of anilines is 1. The number of aromatic nitrogens is 5. The average Bonchev–Trinajstić information content (AvgIpc) is 3.48. The van der Waals surface area contributed by atoms with Crippen LogP contribution in [0.3, 0.4) is 0 Å². The second kappa shape index (κ2) is 7.90. The van der Waals surface area contributed by atoms with Crippen LogP contribution in [-0.2, 0) is 13.6 Å². The first-order valence-electron chi connectivity index (χ1n) is 9.90. The zero-order valence-corrected chi connectivity index (χ0v) is 16.3. The molecule has 0 bridgehead atoms. The Morgan fingerprint density at radius 3 is 2.59 bits per heavy atom. The minimum atomic E-state index is 0.158. The molecule has 0 atom stereocenters. The van der Waals surface area contributed by atoms with Gasteiger partial charge in [-0.2, -0.15) is 0 Å². The van der Waals surface area contributed by atoms with Gasteiger partial charge in [0.1, 0.15) is 23.8 Å². The van der Waals surface area contributed by atoms with Gasteiger partial charge in [-0.05, 0) is 32.7 Å². The summed E-state index contributed by atoms with van der Waals surface area (Å²) in [5.74, 6) is 4.18. The molecule has 3 heterocycles. The standard InChI is InChI=1S/C19H29N7O/c1-24(9-10-27)12-18-22-23-19(25(18)2)15-5-7-26(8-6-15)17-11-16(14-3-4-14)20-13-21-17/h11,13-15,27H,3-10,12H2,1-2H3. The van der Waals surface area contributed by atoms with E-state index >= 15 is 0 Å². The van der Waals surface area contributed by atoms with Crippen LogP contribution in [0, 0.1) is 0 Å². The van der Waals surface area contributed by atoms with E-state index in [-0.39, 0.29) is 6.61 Å². The van der Waals surface area contributed by atoms with Gasteiger partial charge in [-0.25, -0.2) is 9.97 Å². The van der Waals surface area contributed by atoms with Crippen LogP contribution in [-0.4, -0.2) is 68.0 Å². The van der Waals surface area contributed by atoms with Crippen molar-refractivity contribution in [1.82, 2.24) is 29.6 Å². The molecule has 2 fully saturated rings. The van der Waals surface area contributed by atoms with Crippen LogP contribution >= 0.6 is 0 Å². The summed E-state index contributed by atoms with van der Waals surface area (Å²) in [5, 5.41) is 17.9. The Morgan fingerprint density at radius 1 is 1.11 bits per heavy atom. The maximum atomic E-state index is 9.06. The lowest BCUT2D eigenvalue weighted by molar-refractivity contribution is 0.213. The summed E-state index contributed by atoms with van der Waals surface area (Å²) in [5.41, 5.74) is 1.20. The molecule has 0 radical (unpaired) electrons. The highest BCUT2D eigenvalue weighted by atomic mass is 16.3. The summed E-state index contributed by atoms with van der Waals surface area (Å²) in [6, 6.07) is 2.18. The van der Waals surface area contributed by atoms with E-state index in [2.05, 4.69) is 47.6 Å². The molecule has 8 heteroatoms. The van der Waals surface area contributed by atoms with Crippen LogP contribution in [0.4, 0.5) is 5.82 Å². The van der Waals surface area contributed by atoms with Gasteiger partial charge in [0.05, 0.1) is 13.2 Å². The van der Waals surface area contributed by atoms with E-state index in [1.165, 1.54) is 18.5 Å². The van der Waals surface area contributed by atoms with Crippen molar-refractivity contribution >= 4 is 5.82 Å². The number of nitrogens with zero attached hydrogens (tertiary/aromatic N) is 7. The third-order valence-corrected chi connectivity index (χ3v) is 5.75. The molecular weight excluding hydrogens is 342 g/mol. The van der Waals surface area contributed by atoms with Crippen LogP contribution in [0.5, 0.6) is 0 Å². The Hall–Kier alpha value is -2.06. The highest BCUT2D eigenvalue weighted by Gasteiger charge is 2.28. The lowest BCUT2D eigenvalue weighted by Crippen LogP contribution is -2.34. The van der Waals surface area contributed by atoms with E-state index in [1.807, 2.05) is 7.05 Å². The number of aliphatic hydroxyl groups excluding tert-OH is 1. The first-order chi connectivity index (χ1) is 13.2. The maximum Gasteiger partial charge on any atom is 0.146 e. The summed E-state index contributed by atoms with van der Waals surface area (Å²) < 4.78 is 2.13. The van der Waals surface area contributed by atoms with Gasteiger partial charge < -0.3 is 14.6 Å². The van der Waals surface area contributed by atoms with Gasteiger partial charge in [-0.3, -0.25) is 4.90 Å². The van der Waals surface area contributed by atoms with Gasteiger partial charge in [0.15, 0.2) is 0 Å².